The lowest BCUT2D eigenvalue weighted by Crippen LogP contribution is -1.90. The molecule has 62 valence electrons. The molecule has 0 aromatic carbocycles. The number of rotatable bonds is 5. The van der Waals surface area contributed by atoms with Gasteiger partial charge in [0, 0.05) is 0 Å². The van der Waals surface area contributed by atoms with Crippen molar-refractivity contribution < 1.29 is 16.8 Å². The molecule has 0 aliphatic heterocycles. The molecule has 0 fully saturated rings. The largest absolute Gasteiger partial charge is 0.502 e. The summed E-state index contributed by atoms with van der Waals surface area (Å²) in [5.74, 6) is 0. The number of hydrogen-bond acceptors (Lipinski definition) is 4. The fourth-order valence-electron chi connectivity index (χ4n) is 0.254. The SMILES string of the molecule is CCCOP(=O)(OCl)OBr. The average molecular weight is 253 g/mol. The van der Waals surface area contributed by atoms with Gasteiger partial charge in [-0.1, -0.05) is 6.92 Å². The quantitative estimate of drug-likeness (QED) is 0.707. The summed E-state index contributed by atoms with van der Waals surface area (Å²) in [5.41, 5.74) is 0. The topological polar surface area (TPSA) is 44.8 Å². The third-order valence-electron chi connectivity index (χ3n) is 0.623. The van der Waals surface area contributed by atoms with Crippen molar-refractivity contribution in [3.05, 3.63) is 0 Å². The Morgan fingerprint density at radius 3 is 2.60 bits per heavy atom. The molecule has 0 aliphatic carbocycles. The molecular formula is C3H7BrClO4P. The van der Waals surface area contributed by atoms with Gasteiger partial charge in [-0.3, -0.25) is 4.52 Å². The molecule has 4 nitrogen and oxygen atoms in total. The molecule has 0 rings (SSSR count). The molecule has 0 bridgehead atoms. The lowest BCUT2D eigenvalue weighted by molar-refractivity contribution is 0.226. The number of phosphoric acid groups is 1. The van der Waals surface area contributed by atoms with Crippen LogP contribution in [0.2, 0.25) is 0 Å². The minimum Gasteiger partial charge on any atom is -0.285 e. The Labute approximate surface area is 73.0 Å². The lowest BCUT2D eigenvalue weighted by atomic mass is 10.5. The highest BCUT2D eigenvalue weighted by molar-refractivity contribution is 9.06. The van der Waals surface area contributed by atoms with Gasteiger partial charge in [-0.2, -0.15) is 4.08 Å². The normalized spacial score (nSPS) is 16.7. The maximum Gasteiger partial charge on any atom is 0.502 e. The van der Waals surface area contributed by atoms with Gasteiger partial charge in [-0.05, 0) is 6.42 Å². The summed E-state index contributed by atoms with van der Waals surface area (Å²) in [6, 6.07) is 0. The van der Waals surface area contributed by atoms with Gasteiger partial charge in [0.05, 0.1) is 18.5 Å². The third kappa shape index (κ3) is 3.91. The van der Waals surface area contributed by atoms with E-state index < -0.39 is 7.82 Å². The van der Waals surface area contributed by atoms with Crippen LogP contribution in [0.5, 0.6) is 0 Å². The van der Waals surface area contributed by atoms with Crippen molar-refractivity contribution in [1.29, 1.82) is 0 Å². The first-order chi connectivity index (χ1) is 4.68. The molecule has 0 aromatic rings. The van der Waals surface area contributed by atoms with Crippen LogP contribution in [-0.2, 0) is 16.8 Å². The molecule has 0 saturated heterocycles. The Hall–Kier alpha value is 0.880. The van der Waals surface area contributed by atoms with E-state index in [-0.39, 0.29) is 6.61 Å². The van der Waals surface area contributed by atoms with Crippen LogP contribution >= 0.6 is 35.9 Å². The van der Waals surface area contributed by atoms with E-state index in [9.17, 15) is 4.57 Å². The number of hydrogen-bond donors (Lipinski definition) is 0. The Morgan fingerprint density at radius 2 is 2.30 bits per heavy atom. The van der Waals surface area contributed by atoms with Crippen molar-refractivity contribution in [2.75, 3.05) is 6.61 Å². The molecule has 1 unspecified atom stereocenters. The van der Waals surface area contributed by atoms with Crippen molar-refractivity contribution in [2.45, 2.75) is 13.3 Å². The summed E-state index contributed by atoms with van der Waals surface area (Å²) in [5, 5.41) is 0. The Kier molecular flexibility index (Phi) is 6.01. The zero-order valence-electron chi connectivity index (χ0n) is 5.25. The highest BCUT2D eigenvalue weighted by Crippen LogP contribution is 2.52. The Bertz CT molecular complexity index is 124. The van der Waals surface area contributed by atoms with Gasteiger partial charge in [0.25, 0.3) is 0 Å². The van der Waals surface area contributed by atoms with Crippen molar-refractivity contribution in [2.24, 2.45) is 0 Å². The summed E-state index contributed by atoms with van der Waals surface area (Å²) in [4.78, 5) is 0. The summed E-state index contributed by atoms with van der Waals surface area (Å²) in [7, 11) is -3.52. The molecule has 0 aliphatic rings. The van der Waals surface area contributed by atoms with E-state index in [1.807, 2.05) is 6.92 Å². The van der Waals surface area contributed by atoms with E-state index in [2.05, 4.69) is 28.5 Å². The fourth-order valence-corrected chi connectivity index (χ4v) is 1.60. The van der Waals surface area contributed by atoms with Crippen LogP contribution in [-0.4, -0.2) is 6.61 Å². The predicted octanol–water partition coefficient (Wildman–Crippen LogP) is 3.02. The molecule has 0 amide bonds. The zero-order chi connectivity index (χ0) is 8.04. The van der Waals surface area contributed by atoms with E-state index in [1.54, 1.807) is 0 Å². The molecule has 0 radical (unpaired) electrons. The van der Waals surface area contributed by atoms with Crippen molar-refractivity contribution in [3.8, 4) is 0 Å². The first-order valence-electron chi connectivity index (χ1n) is 2.53. The van der Waals surface area contributed by atoms with Gasteiger partial charge in [-0.15, -0.1) is 0 Å². The van der Waals surface area contributed by atoms with Gasteiger partial charge >= 0.3 is 7.82 Å². The van der Waals surface area contributed by atoms with Crippen LogP contribution < -0.4 is 0 Å². The van der Waals surface area contributed by atoms with Crippen molar-refractivity contribution in [3.63, 3.8) is 0 Å². The van der Waals surface area contributed by atoms with Crippen LogP contribution in [0.25, 0.3) is 0 Å². The Morgan fingerprint density at radius 1 is 1.70 bits per heavy atom. The fraction of sp³-hybridized carbons (Fsp3) is 1.00. The monoisotopic (exact) mass is 252 g/mol. The van der Waals surface area contributed by atoms with Crippen molar-refractivity contribution in [1.82, 2.24) is 0 Å². The molecular weight excluding hydrogens is 246 g/mol. The summed E-state index contributed by atoms with van der Waals surface area (Å²) in [6.45, 7) is 2.13. The second-order valence-electron chi connectivity index (χ2n) is 1.42. The van der Waals surface area contributed by atoms with Crippen LogP contribution in [0.1, 0.15) is 13.3 Å². The van der Waals surface area contributed by atoms with E-state index in [0.29, 0.717) is 6.42 Å². The second-order valence-corrected chi connectivity index (χ2v) is 4.13. The average Bonchev–Trinajstić information content (AvgIpc) is 2.00. The zero-order valence-corrected chi connectivity index (χ0v) is 8.49. The highest BCUT2D eigenvalue weighted by Gasteiger charge is 2.25. The van der Waals surface area contributed by atoms with Crippen LogP contribution in [0.4, 0.5) is 0 Å². The van der Waals surface area contributed by atoms with Crippen LogP contribution in [0.3, 0.4) is 0 Å². The van der Waals surface area contributed by atoms with E-state index in [4.69, 9.17) is 11.9 Å². The molecule has 0 N–H and O–H groups in total. The molecule has 0 heterocycles. The maximum absolute atomic E-state index is 10.9. The summed E-state index contributed by atoms with van der Waals surface area (Å²) < 4.78 is 23.6. The van der Waals surface area contributed by atoms with Crippen molar-refractivity contribution >= 4 is 35.9 Å². The molecule has 0 spiro atoms. The molecule has 7 heteroatoms. The van der Waals surface area contributed by atoms with Crippen LogP contribution in [0, 0.1) is 0 Å². The van der Waals surface area contributed by atoms with Gasteiger partial charge in [0.2, 0.25) is 0 Å². The third-order valence-corrected chi connectivity index (χ3v) is 3.03. The van der Waals surface area contributed by atoms with Gasteiger partial charge in [0.1, 0.15) is 16.3 Å². The van der Waals surface area contributed by atoms with Gasteiger partial charge in [-0.25, -0.2) is 8.18 Å². The van der Waals surface area contributed by atoms with Gasteiger partial charge < -0.3 is 0 Å². The maximum atomic E-state index is 10.9. The Balaban J connectivity index is 3.70. The number of halogens is 2. The second kappa shape index (κ2) is 5.52. The standard InChI is InChI=1S/C3H7BrClO4P/c1-2-3-7-10(6,8-4)9-5/h2-3H2,1H3. The molecule has 0 aromatic heterocycles. The minimum absolute atomic E-state index is 0.273. The smallest absolute Gasteiger partial charge is 0.285 e. The molecule has 1 atom stereocenters. The molecule has 10 heavy (non-hydrogen) atoms. The lowest BCUT2D eigenvalue weighted by Gasteiger charge is -2.07. The molecule has 0 saturated carbocycles. The minimum atomic E-state index is -3.52. The summed E-state index contributed by atoms with van der Waals surface area (Å²) >= 11 is 7.27. The predicted molar refractivity (Wildman–Crippen MR) is 40.8 cm³/mol. The van der Waals surface area contributed by atoms with Gasteiger partial charge in [0.15, 0.2) is 0 Å². The summed E-state index contributed by atoms with van der Waals surface area (Å²) in [6.07, 6.45) is 0.709. The van der Waals surface area contributed by atoms with E-state index >= 15 is 0 Å². The first kappa shape index (κ1) is 10.9. The first-order valence-corrected chi connectivity index (χ1v) is 4.95. The highest BCUT2D eigenvalue weighted by atomic mass is 79.9. The van der Waals surface area contributed by atoms with E-state index in [1.165, 1.54) is 0 Å². The van der Waals surface area contributed by atoms with Crippen LogP contribution in [0.15, 0.2) is 0 Å². The van der Waals surface area contributed by atoms with E-state index in [0.717, 1.165) is 0 Å².